The molecule has 0 unspecified atom stereocenters. The lowest BCUT2D eigenvalue weighted by Crippen LogP contribution is -2.03. The molecule has 130 valence electrons. The number of hydrogen-bond acceptors (Lipinski definition) is 2. The Bertz CT molecular complexity index is 677. The van der Waals surface area contributed by atoms with Crippen LogP contribution in [-0.2, 0) is 4.79 Å². The molecule has 1 rings (SSSR count). The molecular formula is C20H24F2O2. The molecule has 2 nitrogen and oxygen atoms in total. The Labute approximate surface area is 142 Å². The van der Waals surface area contributed by atoms with E-state index in [4.69, 9.17) is 0 Å². The summed E-state index contributed by atoms with van der Waals surface area (Å²) in [5, 5.41) is 9.87. The van der Waals surface area contributed by atoms with E-state index in [0.717, 1.165) is 17.7 Å². The van der Waals surface area contributed by atoms with Crippen molar-refractivity contribution >= 4 is 11.4 Å². The van der Waals surface area contributed by atoms with Crippen molar-refractivity contribution in [3.05, 3.63) is 58.7 Å². The zero-order chi connectivity index (χ0) is 18.3. The molecule has 1 aromatic carbocycles. The lowest BCUT2D eigenvalue weighted by molar-refractivity contribution is -0.115. The Balaban J connectivity index is 3.41. The highest BCUT2D eigenvalue weighted by atomic mass is 19.1. The SMILES string of the molecule is C\C=C(/C(F)=C\C(C(=O)CCC)=C(/C)CC)c1c(O)cccc1F. The van der Waals surface area contributed by atoms with Crippen LogP contribution in [0, 0.1) is 5.82 Å². The molecule has 1 aromatic rings. The molecule has 0 aliphatic carbocycles. The Morgan fingerprint density at radius 1 is 1.29 bits per heavy atom. The Kier molecular flexibility index (Phi) is 7.56. The van der Waals surface area contributed by atoms with Crippen molar-refractivity contribution in [2.45, 2.75) is 47.0 Å². The van der Waals surface area contributed by atoms with Crippen molar-refractivity contribution in [2.75, 3.05) is 0 Å². The standard InChI is InChI=1S/C20H24F2O2/c1-5-9-18(23)15(13(4)6-2)12-17(22)14(7-3)20-16(21)10-8-11-19(20)24/h7-8,10-12,24H,5-6,9H2,1-4H3/b14-7+,15-13-,17-12+. The van der Waals surface area contributed by atoms with Crippen LogP contribution in [0.25, 0.3) is 5.57 Å². The molecular weight excluding hydrogens is 310 g/mol. The van der Waals surface area contributed by atoms with Crippen LogP contribution >= 0.6 is 0 Å². The molecule has 0 atom stereocenters. The van der Waals surface area contributed by atoms with Gasteiger partial charge in [-0.1, -0.05) is 31.6 Å². The number of carbonyl (C=O) groups is 1. The summed E-state index contributed by atoms with van der Waals surface area (Å²) >= 11 is 0. The van der Waals surface area contributed by atoms with E-state index in [-0.39, 0.29) is 22.7 Å². The molecule has 1 N–H and O–H groups in total. The van der Waals surface area contributed by atoms with Crippen molar-refractivity contribution in [1.82, 2.24) is 0 Å². The van der Waals surface area contributed by atoms with Gasteiger partial charge in [0.2, 0.25) is 0 Å². The minimum atomic E-state index is -0.745. The van der Waals surface area contributed by atoms with Crippen molar-refractivity contribution < 1.29 is 18.7 Å². The van der Waals surface area contributed by atoms with E-state index in [9.17, 15) is 18.7 Å². The van der Waals surface area contributed by atoms with Crippen molar-refractivity contribution in [3.63, 3.8) is 0 Å². The molecule has 0 radical (unpaired) electrons. The average molecular weight is 334 g/mol. The predicted octanol–water partition coefficient (Wildman–Crippen LogP) is 5.88. The smallest absolute Gasteiger partial charge is 0.162 e. The number of Topliss-reactive ketones (excluding diaryl/α,β-unsaturated/α-hetero) is 1. The molecule has 0 amide bonds. The number of rotatable bonds is 7. The van der Waals surface area contributed by atoms with Gasteiger partial charge >= 0.3 is 0 Å². The van der Waals surface area contributed by atoms with E-state index in [0.29, 0.717) is 24.8 Å². The Morgan fingerprint density at radius 3 is 2.46 bits per heavy atom. The van der Waals surface area contributed by atoms with Crippen molar-refractivity contribution in [3.8, 4) is 5.75 Å². The number of phenols is 1. The number of ketones is 1. The second-order valence-electron chi connectivity index (χ2n) is 5.55. The predicted molar refractivity (Wildman–Crippen MR) is 93.8 cm³/mol. The maximum Gasteiger partial charge on any atom is 0.162 e. The lowest BCUT2D eigenvalue weighted by atomic mass is 9.96. The summed E-state index contributed by atoms with van der Waals surface area (Å²) in [6.45, 7) is 7.10. The maximum atomic E-state index is 14.8. The number of benzene rings is 1. The highest BCUT2D eigenvalue weighted by molar-refractivity contribution is 5.99. The fourth-order valence-corrected chi connectivity index (χ4v) is 2.38. The van der Waals surface area contributed by atoms with Gasteiger partial charge in [-0.15, -0.1) is 0 Å². The molecule has 0 aliphatic rings. The van der Waals surface area contributed by atoms with E-state index in [1.165, 1.54) is 18.2 Å². The summed E-state index contributed by atoms with van der Waals surface area (Å²) in [4.78, 5) is 12.2. The van der Waals surface area contributed by atoms with Crippen LogP contribution in [0.15, 0.2) is 47.3 Å². The van der Waals surface area contributed by atoms with Crippen LogP contribution in [0.2, 0.25) is 0 Å². The summed E-state index contributed by atoms with van der Waals surface area (Å²) in [7, 11) is 0. The third-order valence-corrected chi connectivity index (χ3v) is 3.85. The largest absolute Gasteiger partial charge is 0.507 e. The van der Waals surface area contributed by atoms with E-state index < -0.39 is 11.6 Å². The first-order valence-corrected chi connectivity index (χ1v) is 8.11. The first-order chi connectivity index (χ1) is 11.4. The summed E-state index contributed by atoms with van der Waals surface area (Å²) in [5.41, 5.74) is 0.810. The molecule has 0 heterocycles. The molecule has 24 heavy (non-hydrogen) atoms. The van der Waals surface area contributed by atoms with Crippen LogP contribution < -0.4 is 0 Å². The lowest BCUT2D eigenvalue weighted by Gasteiger charge is -2.11. The first-order valence-electron chi connectivity index (χ1n) is 8.11. The highest BCUT2D eigenvalue weighted by Crippen LogP contribution is 2.34. The minimum Gasteiger partial charge on any atom is -0.507 e. The van der Waals surface area contributed by atoms with Gasteiger partial charge in [-0.2, -0.15) is 0 Å². The monoisotopic (exact) mass is 334 g/mol. The Hall–Kier alpha value is -2.23. The van der Waals surface area contributed by atoms with E-state index in [1.54, 1.807) is 13.8 Å². The number of hydrogen-bond donors (Lipinski definition) is 1. The fourth-order valence-electron chi connectivity index (χ4n) is 2.38. The van der Waals surface area contributed by atoms with Gasteiger partial charge in [-0.3, -0.25) is 4.79 Å². The van der Waals surface area contributed by atoms with Crippen LogP contribution in [0.3, 0.4) is 0 Å². The summed E-state index contributed by atoms with van der Waals surface area (Å²) < 4.78 is 28.8. The number of aromatic hydroxyl groups is 1. The minimum absolute atomic E-state index is 0.0729. The number of carbonyl (C=O) groups excluding carboxylic acids is 1. The second kappa shape index (κ2) is 9.16. The van der Waals surface area contributed by atoms with Gasteiger partial charge in [-0.05, 0) is 44.9 Å². The molecule has 0 aliphatic heterocycles. The Morgan fingerprint density at radius 2 is 1.96 bits per heavy atom. The molecule has 0 saturated carbocycles. The number of allylic oxidation sites excluding steroid dienone is 6. The van der Waals surface area contributed by atoms with Gasteiger partial charge < -0.3 is 5.11 Å². The third kappa shape index (κ3) is 4.63. The fraction of sp³-hybridized carbons (Fsp3) is 0.350. The van der Waals surface area contributed by atoms with Gasteiger partial charge in [0.1, 0.15) is 17.4 Å². The summed E-state index contributed by atoms with van der Waals surface area (Å²) in [5.74, 6) is -1.95. The normalized spacial score (nSPS) is 13.8. The second-order valence-corrected chi connectivity index (χ2v) is 5.55. The molecule has 0 saturated heterocycles. The summed E-state index contributed by atoms with van der Waals surface area (Å²) in [6.07, 6.45) is 4.14. The van der Waals surface area contributed by atoms with Crippen molar-refractivity contribution in [1.29, 1.82) is 0 Å². The van der Waals surface area contributed by atoms with Gasteiger partial charge in [0.15, 0.2) is 5.78 Å². The third-order valence-electron chi connectivity index (χ3n) is 3.85. The van der Waals surface area contributed by atoms with Crippen molar-refractivity contribution in [2.24, 2.45) is 0 Å². The first kappa shape index (κ1) is 19.8. The number of phenolic OH excluding ortho intramolecular Hbond substituents is 1. The van der Waals surface area contributed by atoms with Crippen LogP contribution in [0.1, 0.15) is 52.5 Å². The van der Waals surface area contributed by atoms with E-state index in [1.807, 2.05) is 13.8 Å². The zero-order valence-electron chi connectivity index (χ0n) is 14.6. The molecule has 0 bridgehead atoms. The molecule has 0 aromatic heterocycles. The average Bonchev–Trinajstić information content (AvgIpc) is 2.55. The van der Waals surface area contributed by atoms with Crippen LogP contribution in [0.5, 0.6) is 5.75 Å². The van der Waals surface area contributed by atoms with Gasteiger partial charge in [0, 0.05) is 17.6 Å². The highest BCUT2D eigenvalue weighted by Gasteiger charge is 2.18. The van der Waals surface area contributed by atoms with Gasteiger partial charge in [-0.25, -0.2) is 8.78 Å². The number of halogens is 2. The van der Waals surface area contributed by atoms with E-state index in [2.05, 4.69) is 0 Å². The summed E-state index contributed by atoms with van der Waals surface area (Å²) in [6, 6.07) is 3.80. The van der Waals surface area contributed by atoms with Crippen LogP contribution in [0.4, 0.5) is 8.78 Å². The maximum absolute atomic E-state index is 14.8. The van der Waals surface area contributed by atoms with E-state index >= 15 is 0 Å². The molecule has 0 spiro atoms. The topological polar surface area (TPSA) is 37.3 Å². The molecule has 0 fully saturated rings. The molecule has 4 heteroatoms. The van der Waals surface area contributed by atoms with Crippen LogP contribution in [-0.4, -0.2) is 10.9 Å². The van der Waals surface area contributed by atoms with Gasteiger partial charge in [0.25, 0.3) is 0 Å². The quantitative estimate of drug-likeness (QED) is 0.499. The van der Waals surface area contributed by atoms with Gasteiger partial charge in [0.05, 0.1) is 5.56 Å². The zero-order valence-corrected chi connectivity index (χ0v) is 14.6.